The molecule has 2 atom stereocenters. The van der Waals surface area contributed by atoms with E-state index in [1.165, 1.54) is 0 Å². The van der Waals surface area contributed by atoms with Gasteiger partial charge in [0.15, 0.2) is 11.5 Å². The molecule has 1 N–H and O–H groups in total. The van der Waals surface area contributed by atoms with Crippen molar-refractivity contribution in [3.8, 4) is 11.5 Å². The quantitative estimate of drug-likeness (QED) is 0.730. The first-order valence-electron chi connectivity index (χ1n) is 9.56. The zero-order valence-electron chi connectivity index (χ0n) is 16.2. The summed E-state index contributed by atoms with van der Waals surface area (Å²) < 4.78 is 11.2. The molecule has 1 aliphatic heterocycles. The van der Waals surface area contributed by atoms with Gasteiger partial charge in [-0.05, 0) is 61.7 Å². The van der Waals surface area contributed by atoms with Crippen LogP contribution in [-0.2, 0) is 4.79 Å². The third-order valence-electron chi connectivity index (χ3n) is 5.13. The predicted octanol–water partition coefficient (Wildman–Crippen LogP) is 4.63. The van der Waals surface area contributed by atoms with Gasteiger partial charge in [-0.1, -0.05) is 29.8 Å². The van der Waals surface area contributed by atoms with Gasteiger partial charge in [-0.3, -0.25) is 9.69 Å². The van der Waals surface area contributed by atoms with Crippen LogP contribution in [0, 0.1) is 5.92 Å². The molecule has 1 heterocycles. The van der Waals surface area contributed by atoms with E-state index in [0.29, 0.717) is 36.1 Å². The minimum Gasteiger partial charge on any atom is -0.493 e. The van der Waals surface area contributed by atoms with Crippen molar-refractivity contribution in [2.24, 2.45) is 5.92 Å². The van der Waals surface area contributed by atoms with E-state index in [2.05, 4.69) is 4.90 Å². The van der Waals surface area contributed by atoms with Gasteiger partial charge in [0.05, 0.1) is 25.7 Å². The number of hydrogen-bond donors (Lipinski definition) is 1. The number of piperidine rings is 1. The average molecular weight is 404 g/mol. The zero-order valence-corrected chi connectivity index (χ0v) is 17.0. The van der Waals surface area contributed by atoms with Crippen molar-refractivity contribution < 1.29 is 19.4 Å². The summed E-state index contributed by atoms with van der Waals surface area (Å²) in [7, 11) is 1.62. The predicted molar refractivity (Wildman–Crippen MR) is 109 cm³/mol. The van der Waals surface area contributed by atoms with E-state index in [9.17, 15) is 9.90 Å². The lowest BCUT2D eigenvalue weighted by Crippen LogP contribution is -2.41. The van der Waals surface area contributed by atoms with Crippen LogP contribution in [-0.4, -0.2) is 42.8 Å². The molecule has 1 saturated heterocycles. The van der Waals surface area contributed by atoms with Crippen LogP contribution in [0.1, 0.15) is 36.9 Å². The molecule has 1 aliphatic rings. The minimum atomic E-state index is -0.737. The molecule has 0 radical (unpaired) electrons. The molecule has 0 spiro atoms. The van der Waals surface area contributed by atoms with E-state index < -0.39 is 5.97 Å². The topological polar surface area (TPSA) is 59.0 Å². The highest BCUT2D eigenvalue weighted by molar-refractivity contribution is 6.30. The monoisotopic (exact) mass is 403 g/mol. The fourth-order valence-corrected chi connectivity index (χ4v) is 4.06. The van der Waals surface area contributed by atoms with Crippen molar-refractivity contribution in [3.05, 3.63) is 58.6 Å². The van der Waals surface area contributed by atoms with Crippen LogP contribution in [0.3, 0.4) is 0 Å². The Balaban J connectivity index is 2.04. The third kappa shape index (κ3) is 4.59. The van der Waals surface area contributed by atoms with Crippen molar-refractivity contribution in [3.63, 3.8) is 0 Å². The lowest BCUT2D eigenvalue weighted by molar-refractivity contribution is -0.143. The Hall–Kier alpha value is -2.24. The van der Waals surface area contributed by atoms with Gasteiger partial charge >= 0.3 is 5.97 Å². The van der Waals surface area contributed by atoms with Crippen LogP contribution in [0.15, 0.2) is 42.5 Å². The highest BCUT2D eigenvalue weighted by atomic mass is 35.5. The van der Waals surface area contributed by atoms with E-state index in [0.717, 1.165) is 24.1 Å². The summed E-state index contributed by atoms with van der Waals surface area (Å²) in [6.07, 6.45) is 1.56. The van der Waals surface area contributed by atoms with Gasteiger partial charge in [0.2, 0.25) is 0 Å². The molecule has 2 aromatic rings. The first kappa shape index (κ1) is 20.5. The van der Waals surface area contributed by atoms with Crippen molar-refractivity contribution in [2.45, 2.75) is 25.8 Å². The normalized spacial score (nSPS) is 18.5. The Kier molecular flexibility index (Phi) is 6.81. The molecule has 0 aliphatic carbocycles. The van der Waals surface area contributed by atoms with Gasteiger partial charge in [-0.25, -0.2) is 0 Å². The molecule has 0 bridgehead atoms. The van der Waals surface area contributed by atoms with Crippen LogP contribution < -0.4 is 9.47 Å². The first-order chi connectivity index (χ1) is 13.5. The Morgan fingerprint density at radius 2 is 2.04 bits per heavy atom. The fraction of sp³-hybridized carbons (Fsp3) is 0.409. The Morgan fingerprint density at radius 3 is 2.71 bits per heavy atom. The molecular formula is C22H26ClNO4. The van der Waals surface area contributed by atoms with E-state index in [1.807, 2.05) is 49.4 Å². The number of hydrogen-bond acceptors (Lipinski definition) is 4. The van der Waals surface area contributed by atoms with Gasteiger partial charge in [0.25, 0.3) is 0 Å². The van der Waals surface area contributed by atoms with Crippen molar-refractivity contribution >= 4 is 17.6 Å². The van der Waals surface area contributed by atoms with Crippen molar-refractivity contribution in [2.75, 3.05) is 26.8 Å². The summed E-state index contributed by atoms with van der Waals surface area (Å²) in [4.78, 5) is 13.8. The number of halogens is 1. The van der Waals surface area contributed by atoms with Crippen molar-refractivity contribution in [1.29, 1.82) is 0 Å². The molecule has 3 rings (SSSR count). The molecule has 0 saturated carbocycles. The number of ether oxygens (including phenoxy) is 2. The number of nitrogens with zero attached hydrogens (tertiary/aromatic N) is 1. The zero-order chi connectivity index (χ0) is 20.1. The fourth-order valence-electron chi connectivity index (χ4n) is 3.86. The molecule has 6 heteroatoms. The van der Waals surface area contributed by atoms with Crippen LogP contribution in [0.2, 0.25) is 5.02 Å². The number of carboxylic acid groups (broad SMARTS) is 1. The lowest BCUT2D eigenvalue weighted by Gasteiger charge is -2.37. The summed E-state index contributed by atoms with van der Waals surface area (Å²) in [5, 5.41) is 10.2. The summed E-state index contributed by atoms with van der Waals surface area (Å²) in [6, 6.07) is 13.5. The highest BCUT2D eigenvalue weighted by Gasteiger charge is 2.31. The van der Waals surface area contributed by atoms with E-state index >= 15 is 0 Å². The maximum atomic E-state index is 11.6. The number of aliphatic carboxylic acids is 1. The van der Waals surface area contributed by atoms with Crippen LogP contribution in [0.4, 0.5) is 0 Å². The maximum Gasteiger partial charge on any atom is 0.307 e. The van der Waals surface area contributed by atoms with Crippen LogP contribution in [0.5, 0.6) is 11.5 Å². The Bertz CT molecular complexity index is 826. The van der Waals surface area contributed by atoms with Crippen LogP contribution in [0.25, 0.3) is 0 Å². The summed E-state index contributed by atoms with van der Waals surface area (Å²) in [6.45, 7) is 3.80. The van der Waals surface area contributed by atoms with Crippen molar-refractivity contribution in [1.82, 2.24) is 4.90 Å². The number of methoxy groups -OCH3 is 1. The molecule has 1 fully saturated rings. The molecule has 2 aromatic carbocycles. The second-order valence-corrected chi connectivity index (χ2v) is 7.41. The molecule has 28 heavy (non-hydrogen) atoms. The molecule has 0 amide bonds. The molecular weight excluding hydrogens is 378 g/mol. The second kappa shape index (κ2) is 9.30. The van der Waals surface area contributed by atoms with Gasteiger partial charge < -0.3 is 14.6 Å². The van der Waals surface area contributed by atoms with Gasteiger partial charge in [0, 0.05) is 11.6 Å². The van der Waals surface area contributed by atoms with E-state index in [1.54, 1.807) is 7.11 Å². The molecule has 150 valence electrons. The second-order valence-electron chi connectivity index (χ2n) is 6.97. The number of carbonyl (C=O) groups is 1. The largest absolute Gasteiger partial charge is 0.493 e. The summed E-state index contributed by atoms with van der Waals surface area (Å²) >= 11 is 6.27. The van der Waals surface area contributed by atoms with Gasteiger partial charge in [0.1, 0.15) is 0 Å². The first-order valence-corrected chi connectivity index (χ1v) is 9.94. The summed E-state index contributed by atoms with van der Waals surface area (Å²) in [5.41, 5.74) is 2.06. The highest BCUT2D eigenvalue weighted by Crippen LogP contribution is 2.37. The van der Waals surface area contributed by atoms with E-state index in [-0.39, 0.29) is 12.0 Å². The van der Waals surface area contributed by atoms with E-state index in [4.69, 9.17) is 21.1 Å². The standard InChI is InChI=1S/C22H26ClNO4/c1-3-28-20-13-16(9-10-19(20)27-2)21(15-6-4-8-18(23)12-15)24-11-5-7-17(14-24)22(25)26/h4,6,8-10,12-13,17,21H,3,5,7,11,14H2,1-2H3,(H,25,26). The lowest BCUT2D eigenvalue weighted by atomic mass is 9.91. The molecule has 5 nitrogen and oxygen atoms in total. The number of benzene rings is 2. The summed E-state index contributed by atoms with van der Waals surface area (Å²) in [5.74, 6) is 0.262. The Labute approximate surface area is 170 Å². The Morgan fingerprint density at radius 1 is 1.25 bits per heavy atom. The van der Waals surface area contributed by atoms with Crippen LogP contribution >= 0.6 is 11.6 Å². The SMILES string of the molecule is CCOc1cc(C(c2cccc(Cl)c2)N2CCCC(C(=O)O)C2)ccc1OC. The molecule has 2 unspecified atom stereocenters. The number of likely N-dealkylation sites (tertiary alicyclic amines) is 1. The minimum absolute atomic E-state index is 0.106. The third-order valence-corrected chi connectivity index (χ3v) is 5.37. The van der Waals surface area contributed by atoms with Gasteiger partial charge in [-0.15, -0.1) is 0 Å². The maximum absolute atomic E-state index is 11.6. The number of rotatable bonds is 7. The molecule has 0 aromatic heterocycles. The average Bonchev–Trinajstić information content (AvgIpc) is 2.69. The number of carboxylic acids is 1. The van der Waals surface area contributed by atoms with Gasteiger partial charge in [-0.2, -0.15) is 0 Å². The smallest absolute Gasteiger partial charge is 0.307 e.